The van der Waals surface area contributed by atoms with Crippen molar-refractivity contribution in [3.05, 3.63) is 23.8 Å². The lowest BCUT2D eigenvalue weighted by Gasteiger charge is -2.21. The number of aliphatic hydroxyl groups is 1. The van der Waals surface area contributed by atoms with Crippen LogP contribution in [0, 0.1) is 0 Å². The predicted molar refractivity (Wildman–Crippen MR) is 86.1 cm³/mol. The van der Waals surface area contributed by atoms with E-state index in [0.717, 1.165) is 0 Å². The Morgan fingerprint density at radius 3 is 1.88 bits per heavy atom. The molecule has 1 aromatic carbocycles. The SMILES string of the molecule is CC(C)(C)OC(=O)Oc1cccc(CO)c1OC(=O)OC(C)(C)C. The molecule has 0 amide bonds. The highest BCUT2D eigenvalue weighted by Gasteiger charge is 2.24. The van der Waals surface area contributed by atoms with Crippen molar-refractivity contribution in [1.29, 1.82) is 0 Å². The van der Waals surface area contributed by atoms with Crippen LogP contribution in [0.1, 0.15) is 47.1 Å². The van der Waals surface area contributed by atoms with Crippen molar-refractivity contribution in [3.63, 3.8) is 0 Å². The van der Waals surface area contributed by atoms with E-state index in [-0.39, 0.29) is 17.1 Å². The summed E-state index contributed by atoms with van der Waals surface area (Å²) in [7, 11) is 0. The van der Waals surface area contributed by atoms with Crippen LogP contribution in [0.3, 0.4) is 0 Å². The van der Waals surface area contributed by atoms with Crippen molar-refractivity contribution < 1.29 is 33.6 Å². The normalized spacial score (nSPS) is 11.6. The molecule has 134 valence electrons. The number of benzene rings is 1. The molecule has 1 rings (SSSR count). The zero-order valence-electron chi connectivity index (χ0n) is 14.8. The van der Waals surface area contributed by atoms with Crippen LogP contribution in [-0.4, -0.2) is 28.6 Å². The second-order valence-corrected chi connectivity index (χ2v) is 7.04. The van der Waals surface area contributed by atoms with Gasteiger partial charge in [0.15, 0.2) is 11.5 Å². The van der Waals surface area contributed by atoms with Gasteiger partial charge >= 0.3 is 12.3 Å². The molecular formula is C17H24O7. The largest absolute Gasteiger partial charge is 0.514 e. The quantitative estimate of drug-likeness (QED) is 0.661. The topological polar surface area (TPSA) is 91.3 Å². The maximum absolute atomic E-state index is 11.9. The molecule has 0 atom stereocenters. The van der Waals surface area contributed by atoms with Gasteiger partial charge in [-0.15, -0.1) is 0 Å². The van der Waals surface area contributed by atoms with Crippen LogP contribution in [-0.2, 0) is 16.1 Å². The average molecular weight is 340 g/mol. The Balaban J connectivity index is 3.01. The fourth-order valence-corrected chi connectivity index (χ4v) is 1.60. The molecular weight excluding hydrogens is 316 g/mol. The van der Waals surface area contributed by atoms with E-state index >= 15 is 0 Å². The Hall–Kier alpha value is -2.28. The fraction of sp³-hybridized carbons (Fsp3) is 0.529. The summed E-state index contributed by atoms with van der Waals surface area (Å²) in [5, 5.41) is 9.41. The number of carbonyl (C=O) groups excluding carboxylic acids is 2. The molecule has 0 saturated heterocycles. The van der Waals surface area contributed by atoms with Crippen molar-refractivity contribution >= 4 is 12.3 Å². The van der Waals surface area contributed by atoms with E-state index in [1.54, 1.807) is 47.6 Å². The standard InChI is InChI=1S/C17H24O7/c1-16(2,3)23-14(19)21-12-9-7-8-11(10-18)13(12)22-15(20)24-17(4,5)6/h7-9,18H,10H2,1-6H3. The first-order chi connectivity index (χ1) is 10.9. The van der Waals surface area contributed by atoms with E-state index in [1.165, 1.54) is 12.1 Å². The van der Waals surface area contributed by atoms with Crippen LogP contribution in [0.15, 0.2) is 18.2 Å². The van der Waals surface area contributed by atoms with Crippen molar-refractivity contribution in [2.45, 2.75) is 59.4 Å². The highest BCUT2D eigenvalue weighted by Crippen LogP contribution is 2.33. The minimum absolute atomic E-state index is 0.0540. The van der Waals surface area contributed by atoms with Crippen LogP contribution < -0.4 is 9.47 Å². The number of carbonyl (C=O) groups is 2. The lowest BCUT2D eigenvalue weighted by Crippen LogP contribution is -2.27. The lowest BCUT2D eigenvalue weighted by atomic mass is 10.2. The molecule has 0 fully saturated rings. The highest BCUT2D eigenvalue weighted by atomic mass is 16.8. The molecule has 0 unspecified atom stereocenters. The molecule has 0 aliphatic carbocycles. The molecule has 1 aromatic rings. The van der Waals surface area contributed by atoms with Gasteiger partial charge in [0.1, 0.15) is 11.2 Å². The van der Waals surface area contributed by atoms with E-state index in [0.29, 0.717) is 0 Å². The van der Waals surface area contributed by atoms with Gasteiger partial charge in [-0.05, 0) is 47.6 Å². The first kappa shape index (κ1) is 19.8. The molecule has 0 aliphatic heterocycles. The van der Waals surface area contributed by atoms with E-state index < -0.39 is 30.1 Å². The zero-order valence-corrected chi connectivity index (χ0v) is 14.8. The van der Waals surface area contributed by atoms with Crippen LogP contribution in [0.2, 0.25) is 0 Å². The third-order valence-corrected chi connectivity index (χ3v) is 2.39. The number of rotatable bonds is 3. The molecule has 1 N–H and O–H groups in total. The molecule has 7 nitrogen and oxygen atoms in total. The summed E-state index contributed by atoms with van der Waals surface area (Å²) in [6, 6.07) is 4.50. The van der Waals surface area contributed by atoms with E-state index in [2.05, 4.69) is 0 Å². The number of aliphatic hydroxyl groups excluding tert-OH is 1. The average Bonchev–Trinajstić information content (AvgIpc) is 2.36. The predicted octanol–water partition coefficient (Wildman–Crippen LogP) is 3.81. The van der Waals surface area contributed by atoms with Crippen molar-refractivity contribution in [2.75, 3.05) is 0 Å². The summed E-state index contributed by atoms with van der Waals surface area (Å²) in [5.74, 6) is -0.151. The third-order valence-electron chi connectivity index (χ3n) is 2.39. The molecule has 0 radical (unpaired) electrons. The van der Waals surface area contributed by atoms with Crippen LogP contribution in [0.5, 0.6) is 11.5 Å². The summed E-state index contributed by atoms with van der Waals surface area (Å²) in [6.45, 7) is 9.71. The molecule has 0 heterocycles. The smallest absolute Gasteiger partial charge is 0.428 e. The van der Waals surface area contributed by atoms with Crippen molar-refractivity contribution in [3.8, 4) is 11.5 Å². The summed E-state index contributed by atoms with van der Waals surface area (Å²) < 4.78 is 20.3. The van der Waals surface area contributed by atoms with Crippen molar-refractivity contribution in [2.24, 2.45) is 0 Å². The summed E-state index contributed by atoms with van der Waals surface area (Å²) >= 11 is 0. The lowest BCUT2D eigenvalue weighted by molar-refractivity contribution is 0.0134. The first-order valence-electron chi connectivity index (χ1n) is 7.46. The second-order valence-electron chi connectivity index (χ2n) is 7.04. The molecule has 0 aliphatic rings. The second kappa shape index (κ2) is 7.53. The molecule has 0 bridgehead atoms. The van der Waals surface area contributed by atoms with Crippen LogP contribution in [0.25, 0.3) is 0 Å². The highest BCUT2D eigenvalue weighted by molar-refractivity contribution is 5.70. The summed E-state index contributed by atoms with van der Waals surface area (Å²) in [4.78, 5) is 23.7. The van der Waals surface area contributed by atoms with E-state index in [9.17, 15) is 14.7 Å². The number of ether oxygens (including phenoxy) is 4. The minimum atomic E-state index is -0.975. The molecule has 0 spiro atoms. The molecule has 0 saturated carbocycles. The van der Waals surface area contributed by atoms with Crippen LogP contribution >= 0.6 is 0 Å². The van der Waals surface area contributed by atoms with E-state index in [1.807, 2.05) is 0 Å². The summed E-state index contributed by atoms with van der Waals surface area (Å²) in [5.41, 5.74) is -1.23. The van der Waals surface area contributed by atoms with Gasteiger partial charge in [0.2, 0.25) is 0 Å². The summed E-state index contributed by atoms with van der Waals surface area (Å²) in [6.07, 6.45) is -1.93. The Bertz CT molecular complexity index is 594. The van der Waals surface area contributed by atoms with Gasteiger partial charge in [-0.2, -0.15) is 0 Å². The Morgan fingerprint density at radius 2 is 1.42 bits per heavy atom. The third kappa shape index (κ3) is 6.87. The minimum Gasteiger partial charge on any atom is -0.428 e. The van der Waals surface area contributed by atoms with E-state index in [4.69, 9.17) is 18.9 Å². The van der Waals surface area contributed by atoms with Gasteiger partial charge in [0.25, 0.3) is 0 Å². The van der Waals surface area contributed by atoms with Gasteiger partial charge in [-0.3, -0.25) is 0 Å². The Labute approximate surface area is 141 Å². The van der Waals surface area contributed by atoms with Crippen molar-refractivity contribution in [1.82, 2.24) is 0 Å². The molecule has 24 heavy (non-hydrogen) atoms. The monoisotopic (exact) mass is 340 g/mol. The molecule has 0 aromatic heterocycles. The van der Waals surface area contributed by atoms with Gasteiger partial charge in [-0.1, -0.05) is 12.1 Å². The Morgan fingerprint density at radius 1 is 0.917 bits per heavy atom. The zero-order chi connectivity index (χ0) is 18.5. The maximum Gasteiger partial charge on any atom is 0.514 e. The Kier molecular flexibility index (Phi) is 6.20. The maximum atomic E-state index is 11.9. The van der Waals surface area contributed by atoms with Gasteiger partial charge < -0.3 is 24.1 Å². The first-order valence-corrected chi connectivity index (χ1v) is 7.46. The van der Waals surface area contributed by atoms with Gasteiger partial charge in [0, 0.05) is 5.56 Å². The van der Waals surface area contributed by atoms with Crippen LogP contribution in [0.4, 0.5) is 9.59 Å². The number of hydrogen-bond donors (Lipinski definition) is 1. The fourth-order valence-electron chi connectivity index (χ4n) is 1.60. The van der Waals surface area contributed by atoms with Gasteiger partial charge in [-0.25, -0.2) is 9.59 Å². The molecule has 7 heteroatoms. The van der Waals surface area contributed by atoms with Gasteiger partial charge in [0.05, 0.1) is 6.61 Å². The number of hydrogen-bond acceptors (Lipinski definition) is 7. The number of para-hydroxylation sites is 1.